The van der Waals surface area contributed by atoms with Gasteiger partial charge in [-0.15, -0.1) is 0 Å². The van der Waals surface area contributed by atoms with Gasteiger partial charge in [0.25, 0.3) is 0 Å². The van der Waals surface area contributed by atoms with Crippen LogP contribution in [0.25, 0.3) is 0 Å². The van der Waals surface area contributed by atoms with Crippen LogP contribution >= 0.6 is 23.4 Å². The van der Waals surface area contributed by atoms with Crippen molar-refractivity contribution in [2.75, 3.05) is 0 Å². The Hall–Kier alpha value is -2.36. The molecule has 2 aromatic carbocycles. The minimum absolute atomic E-state index is 0.161. The summed E-state index contributed by atoms with van der Waals surface area (Å²) in [6, 6.07) is 17.0. The normalized spacial score (nSPS) is 26.0. The van der Waals surface area contributed by atoms with Crippen molar-refractivity contribution in [1.82, 2.24) is 0 Å². The van der Waals surface area contributed by atoms with Gasteiger partial charge in [0, 0.05) is 9.95 Å². The summed E-state index contributed by atoms with van der Waals surface area (Å²) in [5.74, 6) is -1.54. The van der Waals surface area contributed by atoms with Crippen molar-refractivity contribution in [3.05, 3.63) is 80.9 Å². The molecule has 0 spiro atoms. The van der Waals surface area contributed by atoms with Gasteiger partial charge in [0.1, 0.15) is 11.2 Å². The number of nitro groups is 1. The lowest BCUT2D eigenvalue weighted by atomic mass is 9.78. The van der Waals surface area contributed by atoms with Crippen LogP contribution in [0.15, 0.2) is 54.6 Å². The minimum Gasteiger partial charge on any atom is -0.297 e. The lowest BCUT2D eigenvalue weighted by molar-refractivity contribution is -0.528. The molecule has 0 amide bonds. The van der Waals surface area contributed by atoms with Crippen LogP contribution in [-0.2, 0) is 0 Å². The van der Waals surface area contributed by atoms with Gasteiger partial charge in [0.05, 0.1) is 17.0 Å². The molecule has 1 heterocycles. The van der Waals surface area contributed by atoms with Crippen LogP contribution in [0.4, 0.5) is 0 Å². The summed E-state index contributed by atoms with van der Waals surface area (Å²) in [7, 11) is 0. The summed E-state index contributed by atoms with van der Waals surface area (Å²) < 4.78 is 0. The molecule has 0 saturated carbocycles. The highest BCUT2D eigenvalue weighted by Gasteiger charge is 2.51. The molecular formula is C18H14ClN3O2S. The van der Waals surface area contributed by atoms with E-state index in [2.05, 4.69) is 6.07 Å². The third kappa shape index (κ3) is 3.39. The Labute approximate surface area is 154 Å². The summed E-state index contributed by atoms with van der Waals surface area (Å²) in [6.07, 6.45) is 0. The first-order valence-electron chi connectivity index (χ1n) is 7.61. The number of nitrogens with one attached hydrogen (secondary N) is 1. The van der Waals surface area contributed by atoms with E-state index >= 15 is 0 Å². The van der Waals surface area contributed by atoms with Gasteiger partial charge in [0.15, 0.2) is 0 Å². The number of hydrogen-bond acceptors (Lipinski definition) is 5. The van der Waals surface area contributed by atoms with Gasteiger partial charge in [-0.1, -0.05) is 65.8 Å². The second-order valence-electron chi connectivity index (χ2n) is 5.77. The maximum absolute atomic E-state index is 11.9. The minimum atomic E-state index is -1.01. The maximum Gasteiger partial charge on any atom is 0.237 e. The molecule has 3 rings (SSSR count). The van der Waals surface area contributed by atoms with Crippen molar-refractivity contribution in [3.63, 3.8) is 0 Å². The molecule has 5 nitrogen and oxygen atoms in total. The van der Waals surface area contributed by atoms with E-state index in [1.165, 1.54) is 0 Å². The molecule has 0 unspecified atom stereocenters. The van der Waals surface area contributed by atoms with Gasteiger partial charge in [0.2, 0.25) is 6.04 Å². The van der Waals surface area contributed by atoms with Crippen LogP contribution < -0.4 is 0 Å². The van der Waals surface area contributed by atoms with E-state index < -0.39 is 23.1 Å². The summed E-state index contributed by atoms with van der Waals surface area (Å²) in [4.78, 5) is 11.6. The Bertz CT molecular complexity index is 836. The van der Waals surface area contributed by atoms with Gasteiger partial charge in [-0.3, -0.25) is 15.5 Å². The first-order chi connectivity index (χ1) is 12.0. The first kappa shape index (κ1) is 17.5. The number of nitriles is 1. The smallest absolute Gasteiger partial charge is 0.237 e. The second kappa shape index (κ2) is 7.26. The van der Waals surface area contributed by atoms with Crippen molar-refractivity contribution in [1.29, 1.82) is 10.7 Å². The number of halogens is 1. The van der Waals surface area contributed by atoms with Crippen LogP contribution in [0.3, 0.4) is 0 Å². The highest BCUT2D eigenvalue weighted by molar-refractivity contribution is 8.14. The van der Waals surface area contributed by atoms with Crippen LogP contribution in [-0.4, -0.2) is 16.0 Å². The van der Waals surface area contributed by atoms with Gasteiger partial charge in [-0.05, 0) is 23.3 Å². The lowest BCUT2D eigenvalue weighted by Gasteiger charge is -2.35. The van der Waals surface area contributed by atoms with Crippen LogP contribution in [0.2, 0.25) is 5.02 Å². The highest BCUT2D eigenvalue weighted by atomic mass is 35.5. The molecule has 1 fully saturated rings. The number of benzene rings is 2. The van der Waals surface area contributed by atoms with Crippen molar-refractivity contribution in [3.8, 4) is 6.07 Å². The van der Waals surface area contributed by atoms with Gasteiger partial charge in [-0.2, -0.15) is 5.26 Å². The van der Waals surface area contributed by atoms with E-state index in [9.17, 15) is 15.4 Å². The van der Waals surface area contributed by atoms with E-state index in [0.717, 1.165) is 17.3 Å². The molecule has 4 atom stereocenters. The topological polar surface area (TPSA) is 90.8 Å². The zero-order valence-corrected chi connectivity index (χ0v) is 14.6. The molecule has 0 radical (unpaired) electrons. The van der Waals surface area contributed by atoms with Crippen LogP contribution in [0, 0.1) is 32.8 Å². The van der Waals surface area contributed by atoms with Crippen molar-refractivity contribution < 1.29 is 4.92 Å². The van der Waals surface area contributed by atoms with Gasteiger partial charge < -0.3 is 0 Å². The molecule has 7 heteroatoms. The van der Waals surface area contributed by atoms with E-state index in [1.54, 1.807) is 24.3 Å². The number of rotatable bonds is 3. The standard InChI is InChI=1S/C18H14ClN3O2S/c19-13-8-6-11(7-9-13)15-14(10-20)18(21)25-17(16(15)22(23)24)12-4-2-1-3-5-12/h1-9,14-17,21H/t14-,15+,16+,17+/m0/s1. The molecule has 1 N–H and O–H groups in total. The lowest BCUT2D eigenvalue weighted by Crippen LogP contribution is -2.42. The van der Waals surface area contributed by atoms with E-state index in [-0.39, 0.29) is 9.97 Å². The average molecular weight is 372 g/mol. The first-order valence-corrected chi connectivity index (χ1v) is 8.87. The monoisotopic (exact) mass is 371 g/mol. The SMILES string of the molecule is N#C[C@@H]1C(=N)S[C@H](c2ccccc2)[C@H]([N+](=O)[O-])[C@@H]1c1ccc(Cl)cc1. The Balaban J connectivity index is 2.12. The fraction of sp³-hybridized carbons (Fsp3) is 0.222. The number of thioether (sulfide) groups is 1. The average Bonchev–Trinajstić information content (AvgIpc) is 2.62. The van der Waals surface area contributed by atoms with Crippen molar-refractivity contribution in [2.45, 2.75) is 17.2 Å². The summed E-state index contributed by atoms with van der Waals surface area (Å²) in [5, 5.41) is 29.9. The quantitative estimate of drug-likeness (QED) is 0.626. The largest absolute Gasteiger partial charge is 0.297 e. The third-order valence-electron chi connectivity index (χ3n) is 4.34. The molecule has 0 aromatic heterocycles. The Kier molecular flexibility index (Phi) is 5.07. The molecule has 25 heavy (non-hydrogen) atoms. The van der Waals surface area contributed by atoms with Crippen LogP contribution in [0.5, 0.6) is 0 Å². The molecule has 0 aliphatic carbocycles. The Morgan fingerprint density at radius 2 is 1.76 bits per heavy atom. The predicted octanol–water partition coefficient (Wildman–Crippen LogP) is 4.67. The van der Waals surface area contributed by atoms with Gasteiger partial charge in [-0.25, -0.2) is 0 Å². The van der Waals surface area contributed by atoms with E-state index in [1.807, 2.05) is 30.3 Å². The fourth-order valence-corrected chi connectivity index (χ4v) is 4.64. The van der Waals surface area contributed by atoms with Crippen molar-refractivity contribution in [2.24, 2.45) is 5.92 Å². The summed E-state index contributed by atoms with van der Waals surface area (Å²) >= 11 is 7.03. The maximum atomic E-state index is 11.9. The third-order valence-corrected chi connectivity index (χ3v) is 5.90. The van der Waals surface area contributed by atoms with Crippen LogP contribution in [0.1, 0.15) is 22.3 Å². The molecule has 2 aromatic rings. The molecule has 1 aliphatic rings. The molecule has 0 bridgehead atoms. The number of hydrogen-bond donors (Lipinski definition) is 1. The molecular weight excluding hydrogens is 358 g/mol. The molecule has 126 valence electrons. The zero-order valence-electron chi connectivity index (χ0n) is 13.0. The molecule has 1 saturated heterocycles. The zero-order chi connectivity index (χ0) is 18.0. The summed E-state index contributed by atoms with van der Waals surface area (Å²) in [6.45, 7) is 0. The summed E-state index contributed by atoms with van der Waals surface area (Å²) in [5.41, 5.74) is 1.44. The van der Waals surface area contributed by atoms with E-state index in [4.69, 9.17) is 17.0 Å². The fourth-order valence-electron chi connectivity index (χ4n) is 3.19. The second-order valence-corrected chi connectivity index (χ2v) is 7.39. The Morgan fingerprint density at radius 1 is 1.12 bits per heavy atom. The van der Waals surface area contributed by atoms with Crippen molar-refractivity contribution >= 4 is 28.4 Å². The predicted molar refractivity (Wildman–Crippen MR) is 98.6 cm³/mol. The van der Waals surface area contributed by atoms with E-state index in [0.29, 0.717) is 10.6 Å². The van der Waals surface area contributed by atoms with Gasteiger partial charge >= 0.3 is 0 Å². The molecule has 1 aliphatic heterocycles. The Morgan fingerprint density at radius 3 is 2.32 bits per heavy atom. The highest BCUT2D eigenvalue weighted by Crippen LogP contribution is 2.50. The number of nitrogens with zero attached hydrogens (tertiary/aromatic N) is 2.